The molecule has 1 aromatic heterocycles. The number of ether oxygens (including phenoxy) is 3. The number of para-hydroxylation sites is 2. The van der Waals surface area contributed by atoms with Crippen LogP contribution in [0.5, 0.6) is 17.4 Å². The Balaban J connectivity index is 1.60. The number of hydrogen-bond donors (Lipinski definition) is 0. The van der Waals surface area contributed by atoms with Gasteiger partial charge in [0.2, 0.25) is 15.9 Å². The number of sulfonamides is 1. The molecule has 8 nitrogen and oxygen atoms in total. The van der Waals surface area contributed by atoms with E-state index in [1.54, 1.807) is 36.1 Å². The summed E-state index contributed by atoms with van der Waals surface area (Å²) in [6.07, 6.45) is 2.16. The van der Waals surface area contributed by atoms with Crippen LogP contribution in [-0.4, -0.2) is 48.9 Å². The first kappa shape index (κ1) is 26.9. The summed E-state index contributed by atoms with van der Waals surface area (Å²) < 4.78 is 48.8. The summed E-state index contributed by atoms with van der Waals surface area (Å²) in [4.78, 5) is 0.195. The fourth-order valence-corrected chi connectivity index (χ4v) is 6.15. The Kier molecular flexibility index (Phi) is 8.30. The van der Waals surface area contributed by atoms with E-state index < -0.39 is 10.0 Å². The monoisotopic (exact) mass is 547 g/mol. The van der Waals surface area contributed by atoms with Crippen LogP contribution in [0, 0.1) is 0 Å². The molecule has 0 saturated carbocycles. The molecule has 1 aliphatic heterocycles. The van der Waals surface area contributed by atoms with Gasteiger partial charge in [0, 0.05) is 19.7 Å². The van der Waals surface area contributed by atoms with Gasteiger partial charge in [-0.3, -0.25) is 0 Å². The summed E-state index contributed by atoms with van der Waals surface area (Å²) in [5.74, 6) is 1.73. The van der Waals surface area contributed by atoms with E-state index in [1.807, 2.05) is 67.6 Å². The van der Waals surface area contributed by atoms with E-state index in [4.69, 9.17) is 19.3 Å². The van der Waals surface area contributed by atoms with Gasteiger partial charge in [-0.1, -0.05) is 43.3 Å². The van der Waals surface area contributed by atoms with Crippen LogP contribution in [0.4, 0.5) is 0 Å². The molecule has 1 fully saturated rings. The van der Waals surface area contributed by atoms with Gasteiger partial charge in [-0.2, -0.15) is 9.40 Å². The van der Waals surface area contributed by atoms with Gasteiger partial charge in [-0.15, -0.1) is 0 Å². The molecule has 1 aliphatic rings. The lowest BCUT2D eigenvalue weighted by Gasteiger charge is -2.25. The van der Waals surface area contributed by atoms with Gasteiger partial charge in [-0.05, 0) is 67.8 Å². The lowest BCUT2D eigenvalue weighted by molar-refractivity contribution is 0.0924. The van der Waals surface area contributed by atoms with Crippen LogP contribution in [0.2, 0.25) is 0 Å². The zero-order valence-corrected chi connectivity index (χ0v) is 23.0. The number of methoxy groups -OCH3 is 1. The third-order valence-corrected chi connectivity index (χ3v) is 8.60. The van der Waals surface area contributed by atoms with Crippen molar-refractivity contribution in [3.8, 4) is 23.1 Å². The molecule has 0 aliphatic carbocycles. The van der Waals surface area contributed by atoms with E-state index in [9.17, 15) is 8.42 Å². The van der Waals surface area contributed by atoms with Crippen LogP contribution in [-0.2, 0) is 27.7 Å². The predicted octanol–water partition coefficient (Wildman–Crippen LogP) is 5.61. The van der Waals surface area contributed by atoms with E-state index in [0.717, 1.165) is 29.8 Å². The quantitative estimate of drug-likeness (QED) is 0.243. The summed E-state index contributed by atoms with van der Waals surface area (Å²) in [5.41, 5.74) is 2.32. The van der Waals surface area contributed by atoms with E-state index in [1.165, 1.54) is 4.31 Å². The van der Waals surface area contributed by atoms with Gasteiger partial charge in [0.05, 0.1) is 35.1 Å². The molecule has 5 rings (SSSR count). The highest BCUT2D eigenvalue weighted by atomic mass is 32.2. The molecule has 9 heteroatoms. The number of rotatable bonds is 11. The lowest BCUT2D eigenvalue weighted by atomic mass is 10.2. The number of aromatic nitrogens is 2. The van der Waals surface area contributed by atoms with Gasteiger partial charge in [-0.25, -0.2) is 13.1 Å². The van der Waals surface area contributed by atoms with Crippen LogP contribution in [0.15, 0.2) is 89.8 Å². The number of benzene rings is 3. The van der Waals surface area contributed by atoms with Gasteiger partial charge in [0.15, 0.2) is 0 Å². The summed E-state index contributed by atoms with van der Waals surface area (Å²) >= 11 is 0. The average molecular weight is 548 g/mol. The predicted molar refractivity (Wildman–Crippen MR) is 149 cm³/mol. The fourth-order valence-electron chi connectivity index (χ4n) is 4.71. The molecule has 3 aromatic carbocycles. The van der Waals surface area contributed by atoms with Crippen molar-refractivity contribution >= 4 is 10.0 Å². The van der Waals surface area contributed by atoms with Crippen LogP contribution in [0.25, 0.3) is 5.69 Å². The Morgan fingerprint density at radius 1 is 0.974 bits per heavy atom. The van der Waals surface area contributed by atoms with Crippen molar-refractivity contribution in [1.29, 1.82) is 0 Å². The number of nitrogens with zero attached hydrogens (tertiary/aromatic N) is 3. The maximum atomic E-state index is 14.0. The second-order valence-corrected chi connectivity index (χ2v) is 11.3. The Labute approximate surface area is 229 Å². The largest absolute Gasteiger partial charge is 0.497 e. The zero-order chi connectivity index (χ0) is 27.2. The molecule has 0 spiro atoms. The maximum absolute atomic E-state index is 14.0. The van der Waals surface area contributed by atoms with E-state index >= 15 is 0 Å². The molecule has 1 saturated heterocycles. The molecule has 39 heavy (non-hydrogen) atoms. The van der Waals surface area contributed by atoms with Gasteiger partial charge >= 0.3 is 0 Å². The van der Waals surface area contributed by atoms with Crippen molar-refractivity contribution in [3.05, 3.63) is 96.2 Å². The molecule has 0 unspecified atom stereocenters. The molecule has 204 valence electrons. The molecular formula is C30H33N3O5S. The molecule has 4 aromatic rings. The number of hydrogen-bond acceptors (Lipinski definition) is 6. The minimum Gasteiger partial charge on any atom is -0.497 e. The number of aryl methyl sites for hydroxylation is 1. The summed E-state index contributed by atoms with van der Waals surface area (Å²) in [6.45, 7) is 2.97. The molecule has 0 bridgehead atoms. The Bertz CT molecular complexity index is 1470. The molecular weight excluding hydrogens is 514 g/mol. The van der Waals surface area contributed by atoms with Crippen molar-refractivity contribution in [2.24, 2.45) is 0 Å². The highest BCUT2D eigenvalue weighted by molar-refractivity contribution is 7.89. The normalized spacial score (nSPS) is 15.5. The summed E-state index contributed by atoms with van der Waals surface area (Å²) in [6, 6.07) is 25.6. The van der Waals surface area contributed by atoms with Crippen molar-refractivity contribution in [3.63, 3.8) is 0 Å². The second-order valence-electron chi connectivity index (χ2n) is 9.35. The minimum atomic E-state index is -3.88. The van der Waals surface area contributed by atoms with Gasteiger partial charge in [0.1, 0.15) is 11.5 Å². The smallest absolute Gasteiger partial charge is 0.243 e. The van der Waals surface area contributed by atoms with Crippen LogP contribution < -0.4 is 9.47 Å². The van der Waals surface area contributed by atoms with Crippen molar-refractivity contribution < 1.29 is 22.6 Å². The molecule has 2 heterocycles. The summed E-state index contributed by atoms with van der Waals surface area (Å²) in [7, 11) is -2.32. The average Bonchev–Trinajstić information content (AvgIpc) is 3.62. The van der Waals surface area contributed by atoms with E-state index in [2.05, 4.69) is 0 Å². The van der Waals surface area contributed by atoms with Crippen molar-refractivity contribution in [1.82, 2.24) is 14.1 Å². The zero-order valence-electron chi connectivity index (χ0n) is 22.2. The Hall–Kier alpha value is -3.66. The standard InChI is InChI=1S/C30H33N3O5S/c1-3-29-28(30(38-25-13-8-5-9-14-25)33(31-29)23-11-6-4-7-12-23)22-32(21-26-15-10-20-37-26)39(34,35)27-18-16-24(36-2)17-19-27/h4-9,11-14,16-19,26H,3,10,15,20-22H2,1-2H3/t26-/m1/s1. The third-order valence-electron chi connectivity index (χ3n) is 6.78. The highest BCUT2D eigenvalue weighted by Gasteiger charge is 2.32. The first-order valence-corrected chi connectivity index (χ1v) is 14.6. The second kappa shape index (κ2) is 12.0. The molecule has 0 radical (unpaired) electrons. The molecule has 0 N–H and O–H groups in total. The topological polar surface area (TPSA) is 82.9 Å². The first-order valence-electron chi connectivity index (χ1n) is 13.1. The Morgan fingerprint density at radius 2 is 1.67 bits per heavy atom. The SMILES string of the molecule is CCc1nn(-c2ccccc2)c(Oc2ccccc2)c1CN(C[C@H]1CCCO1)S(=O)(=O)c1ccc(OC)cc1. The minimum absolute atomic E-state index is 0.0897. The summed E-state index contributed by atoms with van der Waals surface area (Å²) in [5, 5.41) is 4.88. The maximum Gasteiger partial charge on any atom is 0.243 e. The van der Waals surface area contributed by atoms with Crippen LogP contribution in [0.1, 0.15) is 31.0 Å². The van der Waals surface area contributed by atoms with Crippen molar-refractivity contribution in [2.75, 3.05) is 20.3 Å². The van der Waals surface area contributed by atoms with Crippen molar-refractivity contribution in [2.45, 2.75) is 43.7 Å². The first-order chi connectivity index (χ1) is 19.0. The van der Waals surface area contributed by atoms with Crippen LogP contribution in [0.3, 0.4) is 0 Å². The van der Waals surface area contributed by atoms with Gasteiger partial charge < -0.3 is 14.2 Å². The van der Waals surface area contributed by atoms with E-state index in [0.29, 0.717) is 30.4 Å². The lowest BCUT2D eigenvalue weighted by Crippen LogP contribution is -2.37. The Morgan fingerprint density at radius 3 is 2.28 bits per heavy atom. The molecule has 0 amide bonds. The van der Waals surface area contributed by atoms with Gasteiger partial charge in [0.25, 0.3) is 0 Å². The highest BCUT2D eigenvalue weighted by Crippen LogP contribution is 2.34. The van der Waals surface area contributed by atoms with Crippen LogP contribution >= 0.6 is 0 Å². The molecule has 1 atom stereocenters. The fraction of sp³-hybridized carbons (Fsp3) is 0.300. The third kappa shape index (κ3) is 6.00. The van der Waals surface area contributed by atoms with E-state index in [-0.39, 0.29) is 24.1 Å².